The lowest BCUT2D eigenvalue weighted by atomic mass is 10.1. The Morgan fingerprint density at radius 3 is 2.39 bits per heavy atom. The first-order valence-corrected chi connectivity index (χ1v) is 5.45. The molecule has 0 aliphatic carbocycles. The zero-order valence-corrected chi connectivity index (χ0v) is 11.1. The van der Waals surface area contributed by atoms with Gasteiger partial charge in [-0.1, -0.05) is 0 Å². The molecule has 1 aromatic carbocycles. The Labute approximate surface area is 114 Å². The average Bonchev–Trinajstić information content (AvgIpc) is 2.26. The lowest BCUT2D eigenvalue weighted by Gasteiger charge is -2.11. The third-order valence-electron chi connectivity index (χ3n) is 1.92. The van der Waals surface area contributed by atoms with Crippen molar-refractivity contribution in [1.82, 2.24) is 5.32 Å². The van der Waals surface area contributed by atoms with Crippen molar-refractivity contribution in [3.8, 4) is 5.75 Å². The van der Waals surface area contributed by atoms with Crippen LogP contribution in [0.25, 0.3) is 0 Å². The zero-order chi connectivity index (χ0) is 13.9. The summed E-state index contributed by atoms with van der Waals surface area (Å²) in [5.41, 5.74) is -1.34. The molecule has 1 aromatic rings. The van der Waals surface area contributed by atoms with Gasteiger partial charge in [0.25, 0.3) is 5.91 Å². The molecule has 18 heavy (non-hydrogen) atoms. The quantitative estimate of drug-likeness (QED) is 0.812. The molecule has 0 aromatic heterocycles. The number of carbonyl (C=O) groups is 2. The molecule has 1 N–H and O–H groups in total. The van der Waals surface area contributed by atoms with Crippen molar-refractivity contribution in [1.29, 1.82) is 0 Å². The Hall–Kier alpha value is -1.32. The van der Waals surface area contributed by atoms with E-state index in [1.54, 1.807) is 0 Å². The number of imide groups is 1. The molecule has 0 aliphatic heterocycles. The van der Waals surface area contributed by atoms with Gasteiger partial charge in [-0.15, -0.1) is 0 Å². The van der Waals surface area contributed by atoms with Crippen LogP contribution in [0.5, 0.6) is 5.75 Å². The highest BCUT2D eigenvalue weighted by atomic mass is 127. The van der Waals surface area contributed by atoms with E-state index < -0.39 is 23.6 Å². The van der Waals surface area contributed by atoms with Crippen LogP contribution in [0.15, 0.2) is 18.2 Å². The van der Waals surface area contributed by atoms with Gasteiger partial charge in [-0.3, -0.25) is 14.9 Å². The zero-order valence-electron chi connectivity index (χ0n) is 8.97. The number of carbonyl (C=O) groups excluding carboxylic acids is 2. The first-order valence-electron chi connectivity index (χ1n) is 4.57. The van der Waals surface area contributed by atoms with Gasteiger partial charge in [-0.2, -0.15) is 13.2 Å². The van der Waals surface area contributed by atoms with Crippen LogP contribution >= 0.6 is 23.0 Å². The number of rotatable bonds is 2. The number of amides is 2. The van der Waals surface area contributed by atoms with E-state index in [1.165, 1.54) is 23.0 Å². The summed E-state index contributed by atoms with van der Waals surface area (Å²) in [5.74, 6) is -1.67. The van der Waals surface area contributed by atoms with Gasteiger partial charge in [0.2, 0.25) is 5.91 Å². The van der Waals surface area contributed by atoms with E-state index in [2.05, 4.69) is 0 Å². The van der Waals surface area contributed by atoms with E-state index in [9.17, 15) is 22.8 Å². The molecule has 0 bridgehead atoms. The van der Waals surface area contributed by atoms with E-state index in [0.717, 1.165) is 19.1 Å². The standard InChI is InChI=1S/C10H7F3INO3/c1-5(16)15-9(17)7-4-6(10(11,12)13)2-3-8(7)18-14/h2-4H,1H3,(H,15,16,17). The van der Waals surface area contributed by atoms with Gasteiger partial charge in [-0.25, -0.2) is 0 Å². The van der Waals surface area contributed by atoms with Crippen LogP contribution in [0.1, 0.15) is 22.8 Å². The number of hydrogen-bond acceptors (Lipinski definition) is 3. The molecular weight excluding hydrogens is 366 g/mol. The van der Waals surface area contributed by atoms with Crippen molar-refractivity contribution < 1.29 is 25.8 Å². The van der Waals surface area contributed by atoms with Crippen LogP contribution in [0.3, 0.4) is 0 Å². The highest BCUT2D eigenvalue weighted by molar-refractivity contribution is 14.1. The number of hydrogen-bond donors (Lipinski definition) is 1. The van der Waals surface area contributed by atoms with Crippen LogP contribution in [-0.4, -0.2) is 11.8 Å². The van der Waals surface area contributed by atoms with Gasteiger partial charge in [0, 0.05) is 6.92 Å². The largest absolute Gasteiger partial charge is 0.427 e. The number of nitrogens with one attached hydrogen (secondary N) is 1. The van der Waals surface area contributed by atoms with Gasteiger partial charge < -0.3 is 3.07 Å². The van der Waals surface area contributed by atoms with Gasteiger partial charge in [0.1, 0.15) is 5.75 Å². The average molecular weight is 373 g/mol. The SMILES string of the molecule is CC(=O)NC(=O)c1cc(C(F)(F)F)ccc1OI. The highest BCUT2D eigenvalue weighted by Crippen LogP contribution is 2.33. The molecule has 0 saturated carbocycles. The molecule has 0 spiro atoms. The van der Waals surface area contributed by atoms with Crippen molar-refractivity contribution in [3.63, 3.8) is 0 Å². The fourth-order valence-corrected chi connectivity index (χ4v) is 1.56. The van der Waals surface area contributed by atoms with Crippen LogP contribution in [-0.2, 0) is 11.0 Å². The molecule has 0 radical (unpaired) electrons. The van der Waals surface area contributed by atoms with E-state index in [1.807, 2.05) is 5.32 Å². The second kappa shape index (κ2) is 5.55. The smallest absolute Gasteiger partial charge is 0.416 e. The maximum absolute atomic E-state index is 12.5. The summed E-state index contributed by atoms with van der Waals surface area (Å²) in [6.45, 7) is 1.08. The minimum absolute atomic E-state index is 0.0534. The molecular formula is C10H7F3INO3. The molecule has 0 aliphatic rings. The van der Waals surface area contributed by atoms with Crippen LogP contribution < -0.4 is 8.38 Å². The Kier molecular flexibility index (Phi) is 4.54. The molecule has 0 fully saturated rings. The Bertz CT molecular complexity index is 488. The van der Waals surface area contributed by atoms with Crippen LogP contribution in [0, 0.1) is 0 Å². The second-order valence-electron chi connectivity index (χ2n) is 3.30. The van der Waals surface area contributed by atoms with Crippen molar-refractivity contribution in [2.45, 2.75) is 13.1 Å². The molecule has 98 valence electrons. The fourth-order valence-electron chi connectivity index (χ4n) is 1.18. The van der Waals surface area contributed by atoms with E-state index in [4.69, 9.17) is 3.07 Å². The lowest BCUT2D eigenvalue weighted by molar-refractivity contribution is -0.137. The number of alkyl halides is 3. The number of benzene rings is 1. The third kappa shape index (κ3) is 3.59. The second-order valence-corrected chi connectivity index (χ2v) is 3.74. The minimum atomic E-state index is -4.57. The van der Waals surface area contributed by atoms with Crippen molar-refractivity contribution >= 4 is 34.8 Å². The van der Waals surface area contributed by atoms with Crippen LogP contribution in [0.2, 0.25) is 0 Å². The summed E-state index contributed by atoms with van der Waals surface area (Å²) < 4.78 is 42.2. The van der Waals surface area contributed by atoms with Gasteiger partial charge in [0.05, 0.1) is 11.1 Å². The van der Waals surface area contributed by atoms with Gasteiger partial charge >= 0.3 is 6.18 Å². The fraction of sp³-hybridized carbons (Fsp3) is 0.200. The Balaban J connectivity index is 3.22. The summed E-state index contributed by atoms with van der Waals surface area (Å²) in [6, 6.07) is 2.44. The monoisotopic (exact) mass is 373 g/mol. The summed E-state index contributed by atoms with van der Waals surface area (Å²) in [6.07, 6.45) is -4.57. The minimum Gasteiger partial charge on any atom is -0.427 e. The number of halogens is 4. The molecule has 4 nitrogen and oxygen atoms in total. The third-order valence-corrected chi connectivity index (χ3v) is 2.40. The van der Waals surface area contributed by atoms with E-state index in [-0.39, 0.29) is 11.3 Å². The van der Waals surface area contributed by atoms with Gasteiger partial charge in [-0.05, 0) is 18.2 Å². The molecule has 1 rings (SSSR count). The summed E-state index contributed by atoms with van der Waals surface area (Å²) >= 11 is 1.43. The molecule has 0 heterocycles. The van der Waals surface area contributed by atoms with E-state index in [0.29, 0.717) is 6.07 Å². The maximum atomic E-state index is 12.5. The van der Waals surface area contributed by atoms with Gasteiger partial charge in [0.15, 0.2) is 23.0 Å². The van der Waals surface area contributed by atoms with Crippen molar-refractivity contribution in [2.75, 3.05) is 0 Å². The molecule has 0 saturated heterocycles. The molecule has 0 unspecified atom stereocenters. The highest BCUT2D eigenvalue weighted by Gasteiger charge is 2.32. The van der Waals surface area contributed by atoms with Crippen LogP contribution in [0.4, 0.5) is 13.2 Å². The molecule has 2 amide bonds. The maximum Gasteiger partial charge on any atom is 0.416 e. The Morgan fingerprint density at radius 2 is 1.94 bits per heavy atom. The first-order chi connectivity index (χ1) is 8.25. The predicted octanol–water partition coefficient (Wildman–Crippen LogP) is 2.71. The summed E-state index contributed by atoms with van der Waals surface area (Å²) in [4.78, 5) is 22.2. The van der Waals surface area contributed by atoms with Crippen molar-refractivity contribution in [3.05, 3.63) is 29.3 Å². The summed E-state index contributed by atoms with van der Waals surface area (Å²) in [7, 11) is 0. The lowest BCUT2D eigenvalue weighted by Crippen LogP contribution is -2.28. The Morgan fingerprint density at radius 1 is 1.33 bits per heavy atom. The first kappa shape index (κ1) is 14.7. The molecule has 8 heteroatoms. The predicted molar refractivity (Wildman–Crippen MR) is 64.2 cm³/mol. The summed E-state index contributed by atoms with van der Waals surface area (Å²) in [5, 5.41) is 1.88. The van der Waals surface area contributed by atoms with E-state index >= 15 is 0 Å². The van der Waals surface area contributed by atoms with Crippen molar-refractivity contribution in [2.24, 2.45) is 0 Å². The molecule has 0 atom stereocenters. The topological polar surface area (TPSA) is 55.4 Å². The normalized spacial score (nSPS) is 10.9.